The SMILES string of the molecule is Cc1[nH]ncc1CCCNC(=O)N[C@@H](C)c1cccs1. The molecule has 2 aromatic heterocycles. The summed E-state index contributed by atoms with van der Waals surface area (Å²) in [6, 6.07) is 3.95. The van der Waals surface area contributed by atoms with Gasteiger partial charge in [-0.2, -0.15) is 5.10 Å². The summed E-state index contributed by atoms with van der Waals surface area (Å²) in [7, 11) is 0. The number of hydrogen-bond donors (Lipinski definition) is 3. The molecule has 0 saturated carbocycles. The lowest BCUT2D eigenvalue weighted by atomic mass is 10.1. The van der Waals surface area contributed by atoms with Crippen molar-refractivity contribution in [3.05, 3.63) is 39.8 Å². The molecule has 108 valence electrons. The van der Waals surface area contributed by atoms with Gasteiger partial charge in [-0.3, -0.25) is 5.10 Å². The summed E-state index contributed by atoms with van der Waals surface area (Å²) in [4.78, 5) is 12.9. The fourth-order valence-corrected chi connectivity index (χ4v) is 2.70. The third-order valence-corrected chi connectivity index (χ3v) is 4.22. The number of carbonyl (C=O) groups excluding carboxylic acids is 1. The van der Waals surface area contributed by atoms with Gasteiger partial charge >= 0.3 is 6.03 Å². The van der Waals surface area contributed by atoms with Crippen LogP contribution in [0.15, 0.2) is 23.7 Å². The Balaban J connectivity index is 1.64. The minimum Gasteiger partial charge on any atom is -0.338 e. The summed E-state index contributed by atoms with van der Waals surface area (Å²) in [5.74, 6) is 0. The Bertz CT molecular complexity index is 535. The molecule has 0 aliphatic rings. The molecule has 20 heavy (non-hydrogen) atoms. The molecule has 0 radical (unpaired) electrons. The number of H-pyrrole nitrogens is 1. The minimum atomic E-state index is -0.116. The zero-order valence-electron chi connectivity index (χ0n) is 11.8. The van der Waals surface area contributed by atoms with Crippen molar-refractivity contribution in [3.8, 4) is 0 Å². The first-order chi connectivity index (χ1) is 9.66. The van der Waals surface area contributed by atoms with E-state index in [0.29, 0.717) is 6.54 Å². The number of rotatable bonds is 6. The number of nitrogens with one attached hydrogen (secondary N) is 3. The number of carbonyl (C=O) groups is 1. The smallest absolute Gasteiger partial charge is 0.315 e. The van der Waals surface area contributed by atoms with Gasteiger partial charge in [-0.25, -0.2) is 4.79 Å². The van der Waals surface area contributed by atoms with Gasteiger partial charge < -0.3 is 10.6 Å². The largest absolute Gasteiger partial charge is 0.338 e. The molecule has 5 nitrogen and oxygen atoms in total. The minimum absolute atomic E-state index is 0.0473. The number of hydrogen-bond acceptors (Lipinski definition) is 3. The van der Waals surface area contributed by atoms with Crippen molar-refractivity contribution in [2.24, 2.45) is 0 Å². The highest BCUT2D eigenvalue weighted by Gasteiger charge is 2.09. The Morgan fingerprint density at radius 3 is 3.05 bits per heavy atom. The molecule has 0 aromatic carbocycles. The topological polar surface area (TPSA) is 69.8 Å². The fourth-order valence-electron chi connectivity index (χ4n) is 1.96. The maximum absolute atomic E-state index is 11.7. The molecule has 1 atom stereocenters. The fraction of sp³-hybridized carbons (Fsp3) is 0.429. The van der Waals surface area contributed by atoms with Crippen molar-refractivity contribution < 1.29 is 4.79 Å². The standard InChI is InChI=1S/C14H20N4OS/c1-10-12(9-16-18-10)5-3-7-15-14(19)17-11(2)13-6-4-8-20-13/h4,6,8-9,11H,3,5,7H2,1-2H3,(H,16,18)(H2,15,17,19)/t11-/m0/s1. The van der Waals surface area contributed by atoms with Crippen LogP contribution in [0.2, 0.25) is 0 Å². The molecular formula is C14H20N4OS. The van der Waals surface area contributed by atoms with Crippen LogP contribution in [0.4, 0.5) is 4.79 Å². The zero-order valence-corrected chi connectivity index (χ0v) is 12.6. The second-order valence-corrected chi connectivity index (χ2v) is 5.74. The molecule has 0 saturated heterocycles. The van der Waals surface area contributed by atoms with Crippen LogP contribution in [0.25, 0.3) is 0 Å². The summed E-state index contributed by atoms with van der Waals surface area (Å²) in [6.07, 6.45) is 3.67. The molecule has 0 spiro atoms. The van der Waals surface area contributed by atoms with Crippen molar-refractivity contribution in [2.45, 2.75) is 32.7 Å². The average molecular weight is 292 g/mol. The molecule has 0 bridgehead atoms. The van der Waals surface area contributed by atoms with Crippen molar-refractivity contribution in [3.63, 3.8) is 0 Å². The normalized spacial score (nSPS) is 12.1. The lowest BCUT2D eigenvalue weighted by Gasteiger charge is -2.13. The zero-order chi connectivity index (χ0) is 14.4. The Kier molecular flexibility index (Phi) is 5.17. The monoisotopic (exact) mass is 292 g/mol. The molecule has 0 unspecified atom stereocenters. The van der Waals surface area contributed by atoms with Crippen LogP contribution >= 0.6 is 11.3 Å². The molecule has 2 rings (SSSR count). The lowest BCUT2D eigenvalue weighted by Crippen LogP contribution is -2.37. The maximum Gasteiger partial charge on any atom is 0.315 e. The number of aromatic nitrogens is 2. The van der Waals surface area contributed by atoms with Crippen LogP contribution in [0, 0.1) is 6.92 Å². The number of amides is 2. The van der Waals surface area contributed by atoms with E-state index in [1.165, 1.54) is 5.56 Å². The number of thiophene rings is 1. The summed E-state index contributed by atoms with van der Waals surface area (Å²) >= 11 is 1.65. The molecule has 3 N–H and O–H groups in total. The van der Waals surface area contributed by atoms with Gasteiger partial charge in [0.25, 0.3) is 0 Å². The number of urea groups is 1. The van der Waals surface area contributed by atoms with Gasteiger partial charge in [0.05, 0.1) is 12.2 Å². The number of nitrogens with zero attached hydrogens (tertiary/aromatic N) is 1. The first-order valence-electron chi connectivity index (χ1n) is 6.73. The molecule has 2 heterocycles. The van der Waals surface area contributed by atoms with Crippen molar-refractivity contribution in [1.29, 1.82) is 0 Å². The summed E-state index contributed by atoms with van der Waals surface area (Å²) in [5.41, 5.74) is 2.31. The van der Waals surface area contributed by atoms with E-state index in [-0.39, 0.29) is 12.1 Å². The van der Waals surface area contributed by atoms with Crippen LogP contribution in [-0.2, 0) is 6.42 Å². The van der Waals surface area contributed by atoms with Gasteiger partial charge in [-0.05, 0) is 43.7 Å². The van der Waals surface area contributed by atoms with Crippen LogP contribution < -0.4 is 10.6 Å². The second-order valence-electron chi connectivity index (χ2n) is 4.76. The van der Waals surface area contributed by atoms with Gasteiger partial charge in [0.2, 0.25) is 0 Å². The van der Waals surface area contributed by atoms with Gasteiger partial charge in [0.15, 0.2) is 0 Å². The van der Waals surface area contributed by atoms with Crippen LogP contribution in [0.3, 0.4) is 0 Å². The van der Waals surface area contributed by atoms with Crippen molar-refractivity contribution >= 4 is 17.4 Å². The maximum atomic E-state index is 11.7. The first kappa shape index (κ1) is 14.6. The van der Waals surface area contributed by atoms with E-state index in [1.807, 2.05) is 37.6 Å². The highest BCUT2D eigenvalue weighted by molar-refractivity contribution is 7.10. The predicted octanol–water partition coefficient (Wildman–Crippen LogP) is 2.77. The van der Waals surface area contributed by atoms with E-state index < -0.39 is 0 Å². The van der Waals surface area contributed by atoms with Gasteiger partial charge in [0, 0.05) is 17.1 Å². The summed E-state index contributed by atoms with van der Waals surface area (Å²) < 4.78 is 0. The summed E-state index contributed by atoms with van der Waals surface area (Å²) in [5, 5.41) is 14.7. The Hall–Kier alpha value is -1.82. The quantitative estimate of drug-likeness (QED) is 0.717. The number of aromatic amines is 1. The van der Waals surface area contributed by atoms with Crippen LogP contribution in [0.1, 0.15) is 35.5 Å². The van der Waals surface area contributed by atoms with E-state index in [4.69, 9.17) is 0 Å². The average Bonchev–Trinajstić information content (AvgIpc) is 3.06. The van der Waals surface area contributed by atoms with Gasteiger partial charge in [-0.15, -0.1) is 11.3 Å². The van der Waals surface area contributed by atoms with Gasteiger partial charge in [-0.1, -0.05) is 6.07 Å². The third-order valence-electron chi connectivity index (χ3n) is 3.16. The third kappa shape index (κ3) is 4.09. The highest BCUT2D eigenvalue weighted by Crippen LogP contribution is 2.17. The van der Waals surface area contributed by atoms with Crippen molar-refractivity contribution in [2.75, 3.05) is 6.54 Å². The predicted molar refractivity (Wildman–Crippen MR) is 80.9 cm³/mol. The Labute approximate surface area is 122 Å². The molecule has 0 fully saturated rings. The highest BCUT2D eigenvalue weighted by atomic mass is 32.1. The molecule has 2 aromatic rings. The van der Waals surface area contributed by atoms with E-state index in [0.717, 1.165) is 23.4 Å². The van der Waals surface area contributed by atoms with Crippen LogP contribution in [-0.4, -0.2) is 22.8 Å². The molecule has 6 heteroatoms. The Morgan fingerprint density at radius 2 is 2.40 bits per heavy atom. The summed E-state index contributed by atoms with van der Waals surface area (Å²) in [6.45, 7) is 4.65. The van der Waals surface area contributed by atoms with E-state index >= 15 is 0 Å². The van der Waals surface area contributed by atoms with Crippen LogP contribution in [0.5, 0.6) is 0 Å². The van der Waals surface area contributed by atoms with E-state index in [9.17, 15) is 4.79 Å². The molecule has 0 aliphatic heterocycles. The molecule has 0 aliphatic carbocycles. The lowest BCUT2D eigenvalue weighted by molar-refractivity contribution is 0.238. The van der Waals surface area contributed by atoms with E-state index in [2.05, 4.69) is 20.8 Å². The Morgan fingerprint density at radius 1 is 1.55 bits per heavy atom. The van der Waals surface area contributed by atoms with Gasteiger partial charge in [0.1, 0.15) is 0 Å². The molecule has 2 amide bonds. The number of aryl methyl sites for hydroxylation is 2. The van der Waals surface area contributed by atoms with E-state index in [1.54, 1.807) is 11.3 Å². The molecular weight excluding hydrogens is 272 g/mol. The second kappa shape index (κ2) is 7.09. The first-order valence-corrected chi connectivity index (χ1v) is 7.61. The van der Waals surface area contributed by atoms with Crippen molar-refractivity contribution in [1.82, 2.24) is 20.8 Å².